The fourth-order valence-electron chi connectivity index (χ4n) is 4.29. The molecule has 0 spiro atoms. The SMILES string of the molecule is COc1cc(/C=C2\SC(=Nc3ccccc3)N(Cc3ccc(C(=O)O)cc3)C2=O)ccc1OCc1cccc(C)c1. The molecule has 206 valence electrons. The van der Waals surface area contributed by atoms with Gasteiger partial charge in [0.15, 0.2) is 16.7 Å². The van der Waals surface area contributed by atoms with E-state index >= 15 is 0 Å². The molecule has 1 amide bonds. The number of benzene rings is 4. The first-order valence-electron chi connectivity index (χ1n) is 12.9. The number of amides is 1. The largest absolute Gasteiger partial charge is 0.493 e. The highest BCUT2D eigenvalue weighted by atomic mass is 32.2. The van der Waals surface area contributed by atoms with Crippen LogP contribution in [0.3, 0.4) is 0 Å². The molecule has 1 aliphatic heterocycles. The number of ether oxygens (including phenoxy) is 2. The van der Waals surface area contributed by atoms with Crippen molar-refractivity contribution in [3.05, 3.63) is 130 Å². The number of rotatable bonds is 9. The molecule has 1 saturated heterocycles. The molecule has 4 aromatic rings. The average Bonchev–Trinajstić information content (AvgIpc) is 3.26. The number of amidine groups is 1. The van der Waals surface area contributed by atoms with Crippen LogP contribution in [-0.4, -0.2) is 34.2 Å². The van der Waals surface area contributed by atoms with Crippen molar-refractivity contribution >= 4 is 40.6 Å². The number of hydrogen-bond acceptors (Lipinski definition) is 6. The number of carbonyl (C=O) groups is 2. The van der Waals surface area contributed by atoms with Gasteiger partial charge in [-0.1, -0.05) is 66.2 Å². The third-order valence-corrected chi connectivity index (χ3v) is 7.38. The lowest BCUT2D eigenvalue weighted by Gasteiger charge is -2.16. The summed E-state index contributed by atoms with van der Waals surface area (Å²) in [5.74, 6) is -0.0102. The van der Waals surface area contributed by atoms with Crippen molar-refractivity contribution in [3.8, 4) is 11.5 Å². The fourth-order valence-corrected chi connectivity index (χ4v) is 5.28. The number of aliphatic imine (C=N–C) groups is 1. The van der Waals surface area contributed by atoms with Crippen LogP contribution >= 0.6 is 11.8 Å². The van der Waals surface area contributed by atoms with Crippen LogP contribution in [0.1, 0.15) is 32.6 Å². The van der Waals surface area contributed by atoms with Crippen LogP contribution in [0.4, 0.5) is 5.69 Å². The second-order valence-corrected chi connectivity index (χ2v) is 10.4. The fraction of sp³-hybridized carbons (Fsp3) is 0.121. The van der Waals surface area contributed by atoms with Gasteiger partial charge in [0, 0.05) is 0 Å². The number of para-hydroxylation sites is 1. The Balaban J connectivity index is 1.40. The molecule has 0 radical (unpaired) electrons. The lowest BCUT2D eigenvalue weighted by Crippen LogP contribution is -2.28. The molecular formula is C33H28N2O5S. The molecule has 0 aliphatic carbocycles. The van der Waals surface area contributed by atoms with Crippen LogP contribution in [0.25, 0.3) is 6.08 Å². The highest BCUT2D eigenvalue weighted by molar-refractivity contribution is 8.18. The summed E-state index contributed by atoms with van der Waals surface area (Å²) in [4.78, 5) is 31.7. The van der Waals surface area contributed by atoms with Crippen LogP contribution in [0.15, 0.2) is 107 Å². The zero-order valence-electron chi connectivity index (χ0n) is 22.6. The minimum atomic E-state index is -0.997. The summed E-state index contributed by atoms with van der Waals surface area (Å²) >= 11 is 1.29. The van der Waals surface area contributed by atoms with Crippen molar-refractivity contribution in [2.75, 3.05) is 7.11 Å². The quantitative estimate of drug-likeness (QED) is 0.219. The zero-order chi connectivity index (χ0) is 28.8. The minimum Gasteiger partial charge on any atom is -0.493 e. The average molecular weight is 565 g/mol. The molecule has 1 N–H and O–H groups in total. The molecule has 1 aliphatic rings. The molecule has 5 rings (SSSR count). The van der Waals surface area contributed by atoms with Crippen molar-refractivity contribution in [3.63, 3.8) is 0 Å². The third-order valence-electron chi connectivity index (χ3n) is 6.37. The highest BCUT2D eigenvalue weighted by Gasteiger charge is 2.33. The number of thioether (sulfide) groups is 1. The van der Waals surface area contributed by atoms with Gasteiger partial charge in [0.2, 0.25) is 0 Å². The first-order chi connectivity index (χ1) is 19.9. The Morgan fingerprint density at radius 2 is 1.71 bits per heavy atom. The van der Waals surface area contributed by atoms with Crippen molar-refractivity contribution in [1.29, 1.82) is 0 Å². The first kappa shape index (κ1) is 27.7. The molecule has 0 unspecified atom stereocenters. The van der Waals surface area contributed by atoms with E-state index in [9.17, 15) is 14.7 Å². The maximum atomic E-state index is 13.6. The normalized spacial score (nSPS) is 15.0. The predicted molar refractivity (Wildman–Crippen MR) is 162 cm³/mol. The van der Waals surface area contributed by atoms with Crippen molar-refractivity contribution < 1.29 is 24.2 Å². The van der Waals surface area contributed by atoms with Gasteiger partial charge in [-0.3, -0.25) is 9.69 Å². The standard InChI is InChI=1S/C33H28N2O5S/c1-22-7-6-8-25(17-22)21-40-28-16-13-24(18-29(28)39-2)19-30-31(36)35(20-23-11-14-26(15-12-23)32(37)38)33(41-30)34-27-9-4-3-5-10-27/h3-19H,20-21H2,1-2H3,(H,37,38)/b30-19-,34-33?. The summed E-state index contributed by atoms with van der Waals surface area (Å²) in [7, 11) is 1.59. The Bertz CT molecular complexity index is 1630. The summed E-state index contributed by atoms with van der Waals surface area (Å²) in [6.45, 7) is 2.71. The molecule has 0 aromatic heterocycles. The molecule has 0 bridgehead atoms. The Morgan fingerprint density at radius 1 is 0.927 bits per heavy atom. The molecule has 1 heterocycles. The van der Waals surface area contributed by atoms with Gasteiger partial charge in [-0.15, -0.1) is 0 Å². The van der Waals surface area contributed by atoms with E-state index in [-0.39, 0.29) is 18.0 Å². The van der Waals surface area contributed by atoms with E-state index in [0.29, 0.717) is 28.2 Å². The van der Waals surface area contributed by atoms with E-state index in [1.807, 2.05) is 79.7 Å². The monoisotopic (exact) mass is 564 g/mol. The summed E-state index contributed by atoms with van der Waals surface area (Å²) in [5, 5.41) is 9.76. The van der Waals surface area contributed by atoms with Crippen LogP contribution in [0.5, 0.6) is 11.5 Å². The Morgan fingerprint density at radius 3 is 2.41 bits per heavy atom. The summed E-state index contributed by atoms with van der Waals surface area (Å²) in [6.07, 6.45) is 1.81. The Labute approximate surface area is 242 Å². The topological polar surface area (TPSA) is 88.4 Å². The van der Waals surface area contributed by atoms with Gasteiger partial charge in [-0.05, 0) is 77.9 Å². The van der Waals surface area contributed by atoms with E-state index in [2.05, 4.69) is 6.07 Å². The number of aromatic carboxylic acids is 1. The van der Waals surface area contributed by atoms with E-state index < -0.39 is 5.97 Å². The minimum absolute atomic E-state index is 0.189. The molecule has 0 atom stereocenters. The number of nitrogens with zero attached hydrogens (tertiary/aromatic N) is 2. The smallest absolute Gasteiger partial charge is 0.335 e. The molecular weight excluding hydrogens is 536 g/mol. The number of hydrogen-bond donors (Lipinski definition) is 1. The van der Waals surface area contributed by atoms with Crippen molar-refractivity contribution in [2.45, 2.75) is 20.1 Å². The van der Waals surface area contributed by atoms with Gasteiger partial charge in [-0.2, -0.15) is 0 Å². The predicted octanol–water partition coefficient (Wildman–Crippen LogP) is 7.09. The lowest BCUT2D eigenvalue weighted by molar-refractivity contribution is -0.122. The van der Waals surface area contributed by atoms with Crippen molar-refractivity contribution in [1.82, 2.24) is 4.90 Å². The molecule has 4 aromatic carbocycles. The number of carboxylic acid groups (broad SMARTS) is 1. The second kappa shape index (κ2) is 12.6. The van der Waals surface area contributed by atoms with Gasteiger partial charge < -0.3 is 14.6 Å². The lowest BCUT2D eigenvalue weighted by atomic mass is 10.1. The zero-order valence-corrected chi connectivity index (χ0v) is 23.4. The van der Waals surface area contributed by atoms with Gasteiger partial charge in [0.1, 0.15) is 6.61 Å². The van der Waals surface area contributed by atoms with Gasteiger partial charge >= 0.3 is 5.97 Å². The van der Waals surface area contributed by atoms with Gasteiger partial charge in [0.25, 0.3) is 5.91 Å². The van der Waals surface area contributed by atoms with Crippen LogP contribution in [0, 0.1) is 6.92 Å². The Kier molecular flexibility index (Phi) is 8.50. The van der Waals surface area contributed by atoms with E-state index in [0.717, 1.165) is 22.4 Å². The van der Waals surface area contributed by atoms with E-state index in [1.54, 1.807) is 24.1 Å². The maximum Gasteiger partial charge on any atom is 0.335 e. The number of carboxylic acids is 1. The van der Waals surface area contributed by atoms with Gasteiger partial charge in [-0.25, -0.2) is 9.79 Å². The number of aryl methyl sites for hydroxylation is 1. The third kappa shape index (κ3) is 6.85. The molecule has 1 fully saturated rings. The first-order valence-corrected chi connectivity index (χ1v) is 13.7. The van der Waals surface area contributed by atoms with Crippen molar-refractivity contribution in [2.24, 2.45) is 4.99 Å². The second-order valence-electron chi connectivity index (χ2n) is 9.42. The summed E-state index contributed by atoms with van der Waals surface area (Å²) in [6, 6.07) is 29.6. The molecule has 7 nitrogen and oxygen atoms in total. The molecule has 0 saturated carbocycles. The molecule has 8 heteroatoms. The van der Waals surface area contributed by atoms with Crippen LogP contribution < -0.4 is 9.47 Å². The summed E-state index contributed by atoms with van der Waals surface area (Å²) in [5.41, 5.74) is 4.73. The maximum absolute atomic E-state index is 13.6. The summed E-state index contributed by atoms with van der Waals surface area (Å²) < 4.78 is 11.6. The van der Waals surface area contributed by atoms with E-state index in [1.165, 1.54) is 29.5 Å². The highest BCUT2D eigenvalue weighted by Crippen LogP contribution is 2.37. The molecule has 41 heavy (non-hydrogen) atoms. The van der Waals surface area contributed by atoms with Crippen LogP contribution in [-0.2, 0) is 17.9 Å². The van der Waals surface area contributed by atoms with E-state index in [4.69, 9.17) is 14.5 Å². The Hall–Kier alpha value is -4.82. The number of methoxy groups -OCH3 is 1. The van der Waals surface area contributed by atoms with Crippen LogP contribution in [0.2, 0.25) is 0 Å². The van der Waals surface area contributed by atoms with Gasteiger partial charge in [0.05, 0.1) is 29.8 Å². The number of carbonyl (C=O) groups excluding carboxylic acids is 1.